The monoisotopic (exact) mass is 295 g/mol. The van der Waals surface area contributed by atoms with Gasteiger partial charge in [-0.25, -0.2) is 4.98 Å². The van der Waals surface area contributed by atoms with Crippen LogP contribution in [0.25, 0.3) is 0 Å². The second-order valence-corrected chi connectivity index (χ2v) is 4.83. The minimum atomic E-state index is -4.44. The third kappa shape index (κ3) is 3.26. The van der Waals surface area contributed by atoms with Crippen molar-refractivity contribution in [3.05, 3.63) is 53.7 Å². The lowest BCUT2D eigenvalue weighted by molar-refractivity contribution is -0.137. The van der Waals surface area contributed by atoms with Crippen LogP contribution in [-0.2, 0) is 6.18 Å². The largest absolute Gasteiger partial charge is 0.419 e. The summed E-state index contributed by atoms with van der Waals surface area (Å²) in [7, 11) is 1.59. The summed E-state index contributed by atoms with van der Waals surface area (Å²) in [6, 6.07) is 9.11. The third-order valence-corrected chi connectivity index (χ3v) is 3.40. The second-order valence-electron chi connectivity index (χ2n) is 4.83. The van der Waals surface area contributed by atoms with Gasteiger partial charge in [0.05, 0.1) is 11.6 Å². The first-order valence-electron chi connectivity index (χ1n) is 6.41. The van der Waals surface area contributed by atoms with Crippen LogP contribution in [0.3, 0.4) is 0 Å². The Bertz CT molecular complexity index is 626. The number of hydrogen-bond donors (Lipinski definition) is 1. The first kappa shape index (κ1) is 15.2. The molecule has 6 heteroatoms. The summed E-state index contributed by atoms with van der Waals surface area (Å²) >= 11 is 0. The lowest BCUT2D eigenvalue weighted by atomic mass is 10.1. The molecular weight excluding hydrogens is 279 g/mol. The molecule has 2 N–H and O–H groups in total. The zero-order valence-corrected chi connectivity index (χ0v) is 11.7. The van der Waals surface area contributed by atoms with Crippen LogP contribution in [0.15, 0.2) is 42.6 Å². The minimum Gasteiger partial charge on any atom is -0.399 e. The number of nitrogen functional groups attached to an aromatic ring is 1. The summed E-state index contributed by atoms with van der Waals surface area (Å²) in [4.78, 5) is 5.39. The van der Waals surface area contributed by atoms with Gasteiger partial charge in [-0.1, -0.05) is 12.1 Å². The zero-order valence-electron chi connectivity index (χ0n) is 11.7. The Labute approximate surface area is 121 Å². The standard InChI is InChI=1S/C15H16F3N3/c1-10(11-5-3-6-12(19)9-11)21(2)14-13(15(16,17)18)7-4-8-20-14/h3-10H,19H2,1-2H3. The number of anilines is 2. The Morgan fingerprint density at radius 1 is 1.19 bits per heavy atom. The fraction of sp³-hybridized carbons (Fsp3) is 0.267. The van der Waals surface area contributed by atoms with Crippen molar-refractivity contribution in [2.24, 2.45) is 0 Å². The van der Waals surface area contributed by atoms with Crippen molar-refractivity contribution in [2.75, 3.05) is 17.7 Å². The van der Waals surface area contributed by atoms with E-state index < -0.39 is 11.7 Å². The van der Waals surface area contributed by atoms with E-state index in [4.69, 9.17) is 5.73 Å². The maximum absolute atomic E-state index is 13.1. The van der Waals surface area contributed by atoms with E-state index in [-0.39, 0.29) is 11.9 Å². The number of rotatable bonds is 3. The highest BCUT2D eigenvalue weighted by Crippen LogP contribution is 2.37. The molecule has 1 unspecified atom stereocenters. The molecule has 1 aromatic heterocycles. The quantitative estimate of drug-likeness (QED) is 0.874. The number of nitrogens with zero attached hydrogens (tertiary/aromatic N) is 2. The maximum Gasteiger partial charge on any atom is 0.419 e. The van der Waals surface area contributed by atoms with Crippen molar-refractivity contribution < 1.29 is 13.2 Å². The molecule has 0 amide bonds. The fourth-order valence-electron chi connectivity index (χ4n) is 2.13. The number of alkyl halides is 3. The van der Waals surface area contributed by atoms with Gasteiger partial charge in [-0.05, 0) is 36.8 Å². The molecule has 0 aliphatic carbocycles. The molecule has 0 saturated heterocycles. The van der Waals surface area contributed by atoms with Gasteiger partial charge in [-0.15, -0.1) is 0 Å². The van der Waals surface area contributed by atoms with Gasteiger partial charge in [-0.2, -0.15) is 13.2 Å². The van der Waals surface area contributed by atoms with Crippen molar-refractivity contribution in [2.45, 2.75) is 19.1 Å². The molecule has 1 aromatic carbocycles. The van der Waals surface area contributed by atoms with Crippen LogP contribution in [-0.4, -0.2) is 12.0 Å². The predicted molar refractivity (Wildman–Crippen MR) is 76.9 cm³/mol. The summed E-state index contributed by atoms with van der Waals surface area (Å²) in [5, 5.41) is 0. The van der Waals surface area contributed by atoms with Crippen molar-refractivity contribution in [3.63, 3.8) is 0 Å². The van der Waals surface area contributed by atoms with Crippen LogP contribution in [0.5, 0.6) is 0 Å². The first-order valence-corrected chi connectivity index (χ1v) is 6.41. The van der Waals surface area contributed by atoms with Gasteiger partial charge in [0.1, 0.15) is 5.82 Å². The molecule has 2 aromatic rings. The number of pyridine rings is 1. The number of halogens is 3. The van der Waals surface area contributed by atoms with Crippen molar-refractivity contribution in [1.82, 2.24) is 4.98 Å². The Balaban J connectivity index is 2.38. The van der Waals surface area contributed by atoms with Crippen LogP contribution in [0.1, 0.15) is 24.1 Å². The van der Waals surface area contributed by atoms with Gasteiger partial charge in [0.15, 0.2) is 0 Å². The summed E-state index contributed by atoms with van der Waals surface area (Å²) in [5.74, 6) is -0.0973. The molecule has 0 aliphatic heterocycles. The second kappa shape index (κ2) is 5.63. The van der Waals surface area contributed by atoms with E-state index in [0.717, 1.165) is 11.6 Å². The average molecular weight is 295 g/mol. The Kier molecular flexibility index (Phi) is 4.06. The topological polar surface area (TPSA) is 42.1 Å². The lowest BCUT2D eigenvalue weighted by Gasteiger charge is -2.28. The van der Waals surface area contributed by atoms with Crippen LogP contribution in [0, 0.1) is 0 Å². The molecule has 0 spiro atoms. The Morgan fingerprint density at radius 2 is 1.90 bits per heavy atom. The number of benzene rings is 1. The molecule has 0 fully saturated rings. The van der Waals surface area contributed by atoms with E-state index >= 15 is 0 Å². The van der Waals surface area contributed by atoms with Gasteiger partial charge in [0.25, 0.3) is 0 Å². The molecular formula is C15H16F3N3. The molecule has 3 nitrogen and oxygen atoms in total. The highest BCUT2D eigenvalue weighted by molar-refractivity contribution is 5.51. The maximum atomic E-state index is 13.1. The molecule has 2 rings (SSSR count). The zero-order chi connectivity index (χ0) is 15.6. The molecule has 0 radical (unpaired) electrons. The SMILES string of the molecule is CC(c1cccc(N)c1)N(C)c1ncccc1C(F)(F)F. The van der Waals surface area contributed by atoms with Crippen molar-refractivity contribution >= 4 is 11.5 Å². The van der Waals surface area contributed by atoms with E-state index in [0.29, 0.717) is 5.69 Å². The van der Waals surface area contributed by atoms with Gasteiger partial charge in [-0.3, -0.25) is 0 Å². The van der Waals surface area contributed by atoms with Gasteiger partial charge < -0.3 is 10.6 Å². The summed E-state index contributed by atoms with van der Waals surface area (Å²) in [6.07, 6.45) is -3.08. The molecule has 1 heterocycles. The molecule has 21 heavy (non-hydrogen) atoms. The Morgan fingerprint density at radius 3 is 2.52 bits per heavy atom. The smallest absolute Gasteiger partial charge is 0.399 e. The van der Waals surface area contributed by atoms with Crippen LogP contribution >= 0.6 is 0 Å². The van der Waals surface area contributed by atoms with E-state index in [1.807, 2.05) is 13.0 Å². The van der Waals surface area contributed by atoms with E-state index in [1.54, 1.807) is 25.2 Å². The number of nitrogens with two attached hydrogens (primary N) is 1. The van der Waals surface area contributed by atoms with Crippen molar-refractivity contribution in [3.8, 4) is 0 Å². The summed E-state index contributed by atoms with van der Waals surface area (Å²) < 4.78 is 39.2. The lowest BCUT2D eigenvalue weighted by Crippen LogP contribution is -2.25. The number of hydrogen-bond acceptors (Lipinski definition) is 3. The first-order chi connectivity index (χ1) is 9.80. The predicted octanol–water partition coefficient (Wildman–Crippen LogP) is 3.88. The Hall–Kier alpha value is -2.24. The summed E-state index contributed by atoms with van der Waals surface area (Å²) in [6.45, 7) is 1.81. The minimum absolute atomic E-state index is 0.0973. The normalized spacial score (nSPS) is 13.0. The van der Waals surface area contributed by atoms with Crippen molar-refractivity contribution in [1.29, 1.82) is 0 Å². The van der Waals surface area contributed by atoms with Gasteiger partial charge >= 0.3 is 6.18 Å². The van der Waals surface area contributed by atoms with E-state index in [1.165, 1.54) is 17.2 Å². The van der Waals surface area contributed by atoms with E-state index in [9.17, 15) is 13.2 Å². The fourth-order valence-corrected chi connectivity index (χ4v) is 2.13. The third-order valence-electron chi connectivity index (χ3n) is 3.40. The highest BCUT2D eigenvalue weighted by Gasteiger charge is 2.35. The highest BCUT2D eigenvalue weighted by atomic mass is 19.4. The molecule has 0 saturated carbocycles. The van der Waals surface area contributed by atoms with Gasteiger partial charge in [0, 0.05) is 18.9 Å². The summed E-state index contributed by atoms with van der Waals surface area (Å²) in [5.41, 5.74) is 6.38. The molecule has 0 aliphatic rings. The molecule has 0 bridgehead atoms. The van der Waals surface area contributed by atoms with Gasteiger partial charge in [0.2, 0.25) is 0 Å². The van der Waals surface area contributed by atoms with Crippen LogP contribution < -0.4 is 10.6 Å². The van der Waals surface area contributed by atoms with Crippen LogP contribution in [0.4, 0.5) is 24.7 Å². The number of aromatic nitrogens is 1. The van der Waals surface area contributed by atoms with Crippen LogP contribution in [0.2, 0.25) is 0 Å². The van der Waals surface area contributed by atoms with E-state index in [2.05, 4.69) is 4.98 Å². The molecule has 1 atom stereocenters. The average Bonchev–Trinajstić information content (AvgIpc) is 2.45. The molecule has 112 valence electrons.